The van der Waals surface area contributed by atoms with Crippen LogP contribution in [0.2, 0.25) is 0 Å². The lowest BCUT2D eigenvalue weighted by molar-refractivity contribution is 0.0610. The minimum atomic E-state index is -0.574. The molecule has 2 aliphatic heterocycles. The number of hydrogen-bond donors (Lipinski definition) is 1. The van der Waals surface area contributed by atoms with E-state index in [1.165, 1.54) is 0 Å². The number of piperidine rings is 1. The van der Waals surface area contributed by atoms with E-state index in [0.29, 0.717) is 41.3 Å². The smallest absolute Gasteiger partial charge is 0.251 e. The van der Waals surface area contributed by atoms with Crippen LogP contribution >= 0.6 is 0 Å². The molecule has 0 atom stereocenters. The van der Waals surface area contributed by atoms with Gasteiger partial charge in [0.05, 0.1) is 12.0 Å². The van der Waals surface area contributed by atoms with Crippen molar-refractivity contribution in [3.05, 3.63) is 64.8 Å². The third-order valence-corrected chi connectivity index (χ3v) is 7.53. The number of carbonyl (C=O) groups is 3. The summed E-state index contributed by atoms with van der Waals surface area (Å²) in [4.78, 5) is 39.0. The van der Waals surface area contributed by atoms with Gasteiger partial charge in [-0.25, -0.2) is 0 Å². The number of Topliss-reactive ketones (excluding diaryl/α,β-unsaturated/α-hetero) is 1. The largest absolute Gasteiger partial charge is 0.486 e. The molecule has 0 aliphatic carbocycles. The molecule has 0 saturated carbocycles. The highest BCUT2D eigenvalue weighted by Gasteiger charge is 2.34. The van der Waals surface area contributed by atoms with Gasteiger partial charge in [0.2, 0.25) is 0 Å². The van der Waals surface area contributed by atoms with Gasteiger partial charge in [-0.05, 0) is 62.8 Å². The molecule has 7 nitrogen and oxygen atoms in total. The van der Waals surface area contributed by atoms with Crippen LogP contribution < -0.4 is 10.1 Å². The molecule has 5 rings (SSSR count). The Morgan fingerprint density at radius 3 is 2.67 bits per heavy atom. The van der Waals surface area contributed by atoms with Crippen LogP contribution in [0.25, 0.3) is 10.9 Å². The first-order valence-electron chi connectivity index (χ1n) is 12.7. The summed E-state index contributed by atoms with van der Waals surface area (Å²) in [6, 6.07) is 11.8. The van der Waals surface area contributed by atoms with Crippen molar-refractivity contribution < 1.29 is 19.1 Å². The average molecular weight is 488 g/mol. The Morgan fingerprint density at radius 2 is 1.94 bits per heavy atom. The summed E-state index contributed by atoms with van der Waals surface area (Å²) in [7, 11) is 1.65. The molecule has 3 aromatic rings. The Morgan fingerprint density at radius 1 is 1.17 bits per heavy atom. The average Bonchev–Trinajstić information content (AvgIpc) is 3.29. The van der Waals surface area contributed by atoms with Crippen molar-refractivity contribution in [3.8, 4) is 5.75 Å². The van der Waals surface area contributed by atoms with Crippen LogP contribution in [0.4, 0.5) is 0 Å². The van der Waals surface area contributed by atoms with Crippen molar-refractivity contribution in [2.24, 2.45) is 0 Å². The molecular formula is C29H33N3O4. The van der Waals surface area contributed by atoms with Crippen LogP contribution in [0.5, 0.6) is 5.75 Å². The normalized spacial score (nSPS) is 18.0. The van der Waals surface area contributed by atoms with E-state index in [1.54, 1.807) is 19.2 Å². The zero-order chi connectivity index (χ0) is 25.4. The van der Waals surface area contributed by atoms with Crippen molar-refractivity contribution in [3.63, 3.8) is 0 Å². The Balaban J connectivity index is 1.28. The molecule has 2 aliphatic rings. The van der Waals surface area contributed by atoms with Crippen LogP contribution in [0, 0.1) is 0 Å². The van der Waals surface area contributed by atoms with E-state index >= 15 is 0 Å². The van der Waals surface area contributed by atoms with Gasteiger partial charge in [0.25, 0.3) is 5.91 Å². The molecule has 1 saturated heterocycles. The predicted octanol–water partition coefficient (Wildman–Crippen LogP) is 4.44. The lowest BCUT2D eigenvalue weighted by atomic mass is 9.89. The Kier molecular flexibility index (Phi) is 6.43. The van der Waals surface area contributed by atoms with Gasteiger partial charge in [0.1, 0.15) is 17.6 Å². The van der Waals surface area contributed by atoms with Gasteiger partial charge in [-0.15, -0.1) is 0 Å². The molecule has 1 aromatic heterocycles. The number of carbonyl (C=O) groups excluding carboxylic acids is 3. The number of nitrogens with zero attached hydrogens (tertiary/aromatic N) is 2. The number of aldehydes is 1. The van der Waals surface area contributed by atoms with E-state index in [1.807, 2.05) is 32.0 Å². The van der Waals surface area contributed by atoms with Crippen LogP contribution in [0.15, 0.2) is 42.6 Å². The second-order valence-electron chi connectivity index (χ2n) is 10.5. The molecule has 0 spiro atoms. The summed E-state index contributed by atoms with van der Waals surface area (Å²) in [5, 5.41) is 3.84. The quantitative estimate of drug-likeness (QED) is 0.520. The Hall–Kier alpha value is -3.45. The van der Waals surface area contributed by atoms with Crippen LogP contribution in [0.3, 0.4) is 0 Å². The van der Waals surface area contributed by atoms with E-state index in [9.17, 15) is 14.4 Å². The van der Waals surface area contributed by atoms with E-state index in [0.717, 1.165) is 55.2 Å². The summed E-state index contributed by atoms with van der Waals surface area (Å²) in [6.45, 7) is 6.51. The van der Waals surface area contributed by atoms with Crippen LogP contribution in [-0.4, -0.2) is 59.7 Å². The van der Waals surface area contributed by atoms with Gasteiger partial charge in [0.15, 0.2) is 5.78 Å². The number of ketones is 1. The van der Waals surface area contributed by atoms with Gasteiger partial charge in [0, 0.05) is 61.1 Å². The number of benzene rings is 2. The molecule has 0 bridgehead atoms. The summed E-state index contributed by atoms with van der Waals surface area (Å²) in [6.07, 6.45) is 6.00. The maximum Gasteiger partial charge on any atom is 0.251 e. The molecule has 2 aromatic carbocycles. The Labute approximate surface area is 211 Å². The molecule has 7 heteroatoms. The molecule has 1 N–H and O–H groups in total. The van der Waals surface area contributed by atoms with E-state index in [-0.39, 0.29) is 11.7 Å². The van der Waals surface area contributed by atoms with E-state index < -0.39 is 5.60 Å². The summed E-state index contributed by atoms with van der Waals surface area (Å²) < 4.78 is 8.52. The second-order valence-corrected chi connectivity index (χ2v) is 10.5. The van der Waals surface area contributed by atoms with E-state index in [2.05, 4.69) is 27.0 Å². The number of fused-ring (bicyclic) bond motifs is 2. The van der Waals surface area contributed by atoms with Crippen molar-refractivity contribution in [2.45, 2.75) is 51.2 Å². The van der Waals surface area contributed by atoms with Gasteiger partial charge in [-0.1, -0.05) is 12.1 Å². The van der Waals surface area contributed by atoms with Crippen LogP contribution in [-0.2, 0) is 6.42 Å². The number of aromatic nitrogens is 1. The molecule has 0 unspecified atom stereocenters. The summed E-state index contributed by atoms with van der Waals surface area (Å²) in [5.41, 5.74) is 3.21. The molecule has 1 amide bonds. The first-order valence-corrected chi connectivity index (χ1v) is 12.7. The minimum absolute atomic E-state index is 0.0688. The summed E-state index contributed by atoms with van der Waals surface area (Å²) in [5.74, 6) is 0.576. The SMILES string of the molecule is CNC(=O)c1ccc2ccn(C3CCN(CCc4c(C=O)ccc5c4OC(C)(C)CC5=O)CC3)c2c1. The minimum Gasteiger partial charge on any atom is -0.486 e. The third kappa shape index (κ3) is 4.55. The highest BCUT2D eigenvalue weighted by molar-refractivity contribution is 6.02. The number of hydrogen-bond acceptors (Lipinski definition) is 5. The third-order valence-electron chi connectivity index (χ3n) is 7.53. The number of nitrogens with one attached hydrogen (secondary N) is 1. The fourth-order valence-electron chi connectivity index (χ4n) is 5.59. The highest BCUT2D eigenvalue weighted by Crippen LogP contribution is 2.38. The molecule has 36 heavy (non-hydrogen) atoms. The number of likely N-dealkylation sites (tertiary alicyclic amines) is 1. The standard InChI is InChI=1S/C29H33N3O4/c1-29(2)17-26(34)24-7-6-21(18-33)23(27(24)36-29)11-14-31-12-9-22(10-13-31)32-15-8-19-4-5-20(16-25(19)32)28(35)30-3/h4-8,15-16,18,22H,9-14,17H2,1-3H3,(H,30,35). The number of amides is 1. The highest BCUT2D eigenvalue weighted by atomic mass is 16.5. The van der Waals surface area contributed by atoms with Crippen molar-refractivity contribution in [1.82, 2.24) is 14.8 Å². The summed E-state index contributed by atoms with van der Waals surface area (Å²) >= 11 is 0. The molecule has 0 radical (unpaired) electrons. The molecule has 1 fully saturated rings. The monoisotopic (exact) mass is 487 g/mol. The number of ether oxygens (including phenoxy) is 1. The topological polar surface area (TPSA) is 80.6 Å². The molecule has 188 valence electrons. The lowest BCUT2D eigenvalue weighted by Gasteiger charge is -2.35. The van der Waals surface area contributed by atoms with Crippen molar-refractivity contribution >= 4 is 28.9 Å². The van der Waals surface area contributed by atoms with Gasteiger partial charge >= 0.3 is 0 Å². The maximum atomic E-state index is 12.7. The Bertz CT molecular complexity index is 1330. The van der Waals surface area contributed by atoms with Gasteiger partial charge < -0.3 is 19.5 Å². The van der Waals surface area contributed by atoms with Crippen molar-refractivity contribution in [2.75, 3.05) is 26.7 Å². The van der Waals surface area contributed by atoms with Gasteiger partial charge in [-0.2, -0.15) is 0 Å². The zero-order valence-electron chi connectivity index (χ0n) is 21.2. The maximum absolute atomic E-state index is 12.7. The predicted molar refractivity (Wildman–Crippen MR) is 139 cm³/mol. The second kappa shape index (κ2) is 9.54. The van der Waals surface area contributed by atoms with Crippen LogP contribution in [0.1, 0.15) is 75.8 Å². The number of rotatable bonds is 6. The first-order chi connectivity index (χ1) is 17.3. The zero-order valence-corrected chi connectivity index (χ0v) is 21.2. The molecule has 3 heterocycles. The van der Waals surface area contributed by atoms with E-state index in [4.69, 9.17) is 4.74 Å². The fraction of sp³-hybridized carbons (Fsp3) is 0.414. The van der Waals surface area contributed by atoms with Gasteiger partial charge in [-0.3, -0.25) is 14.4 Å². The molecular weight excluding hydrogens is 454 g/mol. The lowest BCUT2D eigenvalue weighted by Crippen LogP contribution is -2.38. The first kappa shape index (κ1) is 24.3. The fourth-order valence-corrected chi connectivity index (χ4v) is 5.59. The van der Waals surface area contributed by atoms with Crippen molar-refractivity contribution in [1.29, 1.82) is 0 Å².